The van der Waals surface area contributed by atoms with Crippen molar-refractivity contribution >= 4 is 23.7 Å². The first kappa shape index (κ1) is 29.4. The van der Waals surface area contributed by atoms with Crippen LogP contribution < -0.4 is 10.1 Å². The molecule has 3 aromatic rings. The van der Waals surface area contributed by atoms with Gasteiger partial charge >= 0.3 is 12.1 Å². The van der Waals surface area contributed by atoms with E-state index in [9.17, 15) is 14.4 Å². The monoisotopic (exact) mass is 556 g/mol. The number of aryl methyl sites for hydroxylation is 2. The Morgan fingerprint density at radius 2 is 1.78 bits per heavy atom. The average Bonchev–Trinajstić information content (AvgIpc) is 3.28. The largest absolute Gasteiger partial charge is 0.444 e. The van der Waals surface area contributed by atoms with Gasteiger partial charge in [0, 0.05) is 43.5 Å². The fourth-order valence-electron chi connectivity index (χ4n) is 4.60. The Balaban J connectivity index is 1.49. The zero-order valence-electron chi connectivity index (χ0n) is 24.4. The van der Waals surface area contributed by atoms with E-state index in [1.54, 1.807) is 22.9 Å². The number of anilines is 1. The van der Waals surface area contributed by atoms with Gasteiger partial charge in [-0.3, -0.25) is 19.2 Å². The number of hydrogen-bond donors (Lipinski definition) is 1. The second kappa shape index (κ2) is 12.3. The van der Waals surface area contributed by atoms with Crippen LogP contribution in [0, 0.1) is 18.8 Å². The molecule has 0 bridgehead atoms. The number of piperidine rings is 1. The van der Waals surface area contributed by atoms with E-state index >= 15 is 0 Å². The summed E-state index contributed by atoms with van der Waals surface area (Å²) in [5.74, 6) is 6.11. The molecule has 4 rings (SSSR count). The van der Waals surface area contributed by atoms with Crippen molar-refractivity contribution in [2.24, 2.45) is 7.05 Å². The molecular weight excluding hydrogens is 520 g/mol. The van der Waals surface area contributed by atoms with E-state index < -0.39 is 23.7 Å². The summed E-state index contributed by atoms with van der Waals surface area (Å²) in [5.41, 5.74) is 3.72. The number of likely N-dealkylation sites (tertiary alicyclic amines) is 1. The number of esters is 1. The maximum atomic E-state index is 13.1. The Bertz CT molecular complexity index is 1510. The number of hydrogen-bond acceptors (Lipinski definition) is 6. The van der Waals surface area contributed by atoms with Crippen LogP contribution in [0.4, 0.5) is 10.5 Å². The molecule has 214 valence electrons. The van der Waals surface area contributed by atoms with E-state index in [0.717, 1.165) is 24.0 Å². The number of benzene rings is 2. The highest BCUT2D eigenvalue weighted by molar-refractivity contribution is 5.96. The van der Waals surface area contributed by atoms with Gasteiger partial charge in [0.05, 0.1) is 5.56 Å². The zero-order chi connectivity index (χ0) is 29.7. The van der Waals surface area contributed by atoms with Crippen molar-refractivity contribution in [2.75, 3.05) is 11.9 Å². The molecule has 2 amide bonds. The second-order valence-electron chi connectivity index (χ2n) is 11.2. The third-order valence-corrected chi connectivity index (χ3v) is 6.40. The number of nitrogens with zero attached hydrogens (tertiary/aromatic N) is 3. The average molecular weight is 557 g/mol. The van der Waals surface area contributed by atoms with Gasteiger partial charge in [0.15, 0.2) is 0 Å². The van der Waals surface area contributed by atoms with E-state index in [-0.39, 0.29) is 5.91 Å². The lowest BCUT2D eigenvalue weighted by atomic mass is 10.0. The Kier molecular flexibility index (Phi) is 8.82. The SMILES string of the molecule is CC(=O)Oc1ccc(C)cc1-c1nn(C)cc1C#Cc1ccc(NC(=O)C2CCCCN2C(=O)OC(C)(C)C)cc1. The first-order chi connectivity index (χ1) is 19.4. The Morgan fingerprint density at radius 1 is 1.05 bits per heavy atom. The fraction of sp³-hybridized carbons (Fsp3) is 0.375. The van der Waals surface area contributed by atoms with Crippen molar-refractivity contribution in [1.82, 2.24) is 14.7 Å². The van der Waals surface area contributed by atoms with Crippen LogP contribution in [0.1, 0.15) is 63.6 Å². The minimum Gasteiger partial charge on any atom is -0.444 e. The van der Waals surface area contributed by atoms with Crippen molar-refractivity contribution < 1.29 is 23.9 Å². The molecule has 0 radical (unpaired) electrons. The molecule has 0 aliphatic carbocycles. The smallest absolute Gasteiger partial charge is 0.410 e. The minimum absolute atomic E-state index is 0.240. The zero-order valence-corrected chi connectivity index (χ0v) is 24.4. The van der Waals surface area contributed by atoms with Crippen LogP contribution >= 0.6 is 0 Å². The molecule has 1 atom stereocenters. The molecule has 1 aliphatic rings. The molecule has 2 heterocycles. The molecule has 1 saturated heterocycles. The maximum Gasteiger partial charge on any atom is 0.410 e. The number of amides is 2. The second-order valence-corrected chi connectivity index (χ2v) is 11.2. The molecular formula is C32H36N4O5. The van der Waals surface area contributed by atoms with E-state index in [2.05, 4.69) is 22.3 Å². The number of aromatic nitrogens is 2. The van der Waals surface area contributed by atoms with E-state index in [1.165, 1.54) is 11.8 Å². The molecule has 1 N–H and O–H groups in total. The predicted molar refractivity (Wildman–Crippen MR) is 156 cm³/mol. The predicted octanol–water partition coefficient (Wildman–Crippen LogP) is 5.45. The number of rotatable bonds is 4. The molecule has 1 unspecified atom stereocenters. The number of carbonyl (C=O) groups is 3. The lowest BCUT2D eigenvalue weighted by Crippen LogP contribution is -2.51. The Hall–Kier alpha value is -4.58. The summed E-state index contributed by atoms with van der Waals surface area (Å²) in [6.45, 7) is 9.24. The van der Waals surface area contributed by atoms with Crippen molar-refractivity contribution in [3.05, 3.63) is 65.4 Å². The van der Waals surface area contributed by atoms with Crippen molar-refractivity contribution in [3.8, 4) is 28.8 Å². The van der Waals surface area contributed by atoms with E-state index in [0.29, 0.717) is 41.2 Å². The highest BCUT2D eigenvalue weighted by Gasteiger charge is 2.34. The van der Waals surface area contributed by atoms with Gasteiger partial charge in [-0.1, -0.05) is 23.5 Å². The van der Waals surface area contributed by atoms with Gasteiger partial charge < -0.3 is 14.8 Å². The summed E-state index contributed by atoms with van der Waals surface area (Å²) in [6, 6.07) is 12.2. The van der Waals surface area contributed by atoms with E-state index in [1.807, 2.05) is 65.2 Å². The van der Waals surface area contributed by atoms with Crippen molar-refractivity contribution in [2.45, 2.75) is 65.5 Å². The molecule has 1 aliphatic heterocycles. The van der Waals surface area contributed by atoms with Gasteiger partial charge in [0.2, 0.25) is 5.91 Å². The number of carbonyl (C=O) groups excluding carboxylic acids is 3. The molecule has 0 spiro atoms. The van der Waals surface area contributed by atoms with Crippen molar-refractivity contribution in [1.29, 1.82) is 0 Å². The molecule has 0 saturated carbocycles. The van der Waals surface area contributed by atoms with Gasteiger partial charge in [0.25, 0.3) is 0 Å². The van der Waals surface area contributed by atoms with Gasteiger partial charge in [-0.25, -0.2) is 4.79 Å². The Labute approximate surface area is 240 Å². The highest BCUT2D eigenvalue weighted by atomic mass is 16.6. The fourth-order valence-corrected chi connectivity index (χ4v) is 4.60. The number of nitrogens with one attached hydrogen (secondary N) is 1. The maximum absolute atomic E-state index is 13.1. The third kappa shape index (κ3) is 7.76. The molecule has 2 aromatic carbocycles. The van der Waals surface area contributed by atoms with Gasteiger partial charge in [-0.2, -0.15) is 5.10 Å². The van der Waals surface area contributed by atoms with Crippen molar-refractivity contribution in [3.63, 3.8) is 0 Å². The van der Waals surface area contributed by atoms with Gasteiger partial charge in [-0.05, 0) is 83.4 Å². The molecule has 9 heteroatoms. The van der Waals surface area contributed by atoms with Crippen LogP contribution in [-0.4, -0.2) is 50.8 Å². The summed E-state index contributed by atoms with van der Waals surface area (Å²) in [5, 5.41) is 7.50. The lowest BCUT2D eigenvalue weighted by molar-refractivity contribution is -0.131. The third-order valence-electron chi connectivity index (χ3n) is 6.40. The van der Waals surface area contributed by atoms with Gasteiger partial charge in [-0.15, -0.1) is 0 Å². The highest BCUT2D eigenvalue weighted by Crippen LogP contribution is 2.32. The standard InChI is InChI=1S/C32H36N4O5/c1-21-10-17-28(40-22(2)37)26(19-21)29-24(20-35(6)34-29)14-11-23-12-15-25(16-13-23)33-30(38)27-9-7-8-18-36(27)31(39)41-32(3,4)5/h10,12-13,15-17,19-20,27H,7-9,18H2,1-6H3,(H,33,38). The topological polar surface area (TPSA) is 103 Å². The quantitative estimate of drug-likeness (QED) is 0.261. The summed E-state index contributed by atoms with van der Waals surface area (Å²) < 4.78 is 12.6. The molecule has 1 aromatic heterocycles. The van der Waals surface area contributed by atoms with Crippen LogP contribution in [0.3, 0.4) is 0 Å². The molecule has 41 heavy (non-hydrogen) atoms. The van der Waals surface area contributed by atoms with Crippen LogP contribution in [0.25, 0.3) is 11.3 Å². The molecule has 1 fully saturated rings. The van der Waals surface area contributed by atoms with Crippen LogP contribution in [0.5, 0.6) is 5.75 Å². The van der Waals surface area contributed by atoms with Crippen LogP contribution in [0.15, 0.2) is 48.7 Å². The first-order valence-corrected chi connectivity index (χ1v) is 13.7. The Morgan fingerprint density at radius 3 is 2.46 bits per heavy atom. The summed E-state index contributed by atoms with van der Waals surface area (Å²) >= 11 is 0. The summed E-state index contributed by atoms with van der Waals surface area (Å²) in [7, 11) is 1.81. The minimum atomic E-state index is -0.631. The van der Waals surface area contributed by atoms with Crippen LogP contribution in [0.2, 0.25) is 0 Å². The van der Waals surface area contributed by atoms with Gasteiger partial charge in [0.1, 0.15) is 23.1 Å². The lowest BCUT2D eigenvalue weighted by Gasteiger charge is -2.35. The summed E-state index contributed by atoms with van der Waals surface area (Å²) in [4.78, 5) is 39.0. The molecule has 9 nitrogen and oxygen atoms in total. The normalized spacial score (nSPS) is 15.0. The first-order valence-electron chi connectivity index (χ1n) is 13.7. The summed E-state index contributed by atoms with van der Waals surface area (Å²) in [6.07, 6.45) is 3.64. The van der Waals surface area contributed by atoms with Crippen LogP contribution in [-0.2, 0) is 21.4 Å². The van der Waals surface area contributed by atoms with E-state index in [4.69, 9.17) is 9.47 Å². The number of ether oxygens (including phenoxy) is 2.